The second kappa shape index (κ2) is 41.1. The number of hydrogen-bond donors (Lipinski definition) is 0. The molecule has 0 fully saturated rings. The van der Waals surface area contributed by atoms with Crippen LogP contribution in [0.5, 0.6) is 0 Å². The van der Waals surface area contributed by atoms with Gasteiger partial charge in [-0.3, -0.25) is 0 Å². The molecule has 1 spiro atoms. The molecule has 4 aliphatic rings. The third-order valence-electron chi connectivity index (χ3n) is 14.7. The third kappa shape index (κ3) is 15.3. The summed E-state index contributed by atoms with van der Waals surface area (Å²) in [6, 6.07) is 86.3. The standard InChI is InChI=1S/C63H42N2.12C2H6/c1-3-19-43(20-4-1)64(61-31-15-27-49-47-23-9-7-17-41(47)37-55(49)61)45-33-35-53-54-36-34-46(40-60(54)63(59(53)39-45)57-29-13-11-25-51(57)52-26-12-14-30-58(52)63)65(44-21-5-2-6-22-44)62-32-16-28-50-48-24-10-8-18-42(48)38-56(50)62;12*1-2/h1-36,39-40H,37-38H2;12*1-2H3. The van der Waals surface area contributed by atoms with Gasteiger partial charge in [-0.25, -0.2) is 0 Å². The summed E-state index contributed by atoms with van der Waals surface area (Å²) in [6.45, 7) is 48.0. The molecular formula is C87H114N2. The van der Waals surface area contributed by atoms with E-state index < -0.39 is 5.41 Å². The third-order valence-corrected chi connectivity index (χ3v) is 14.7. The highest BCUT2D eigenvalue weighted by Crippen LogP contribution is 2.64. The van der Waals surface area contributed by atoms with Crippen LogP contribution in [0.4, 0.5) is 34.1 Å². The zero-order chi connectivity index (χ0) is 66.6. The summed E-state index contributed by atoms with van der Waals surface area (Å²) in [5.74, 6) is 0. The van der Waals surface area contributed by atoms with Gasteiger partial charge in [0.1, 0.15) is 0 Å². The molecule has 10 aromatic carbocycles. The molecule has 0 heterocycles. The summed E-state index contributed by atoms with van der Waals surface area (Å²) in [5.41, 5.74) is 27.8. The second-order valence-electron chi connectivity index (χ2n) is 17.9. The fraction of sp³-hybridized carbons (Fsp3) is 0.310. The van der Waals surface area contributed by atoms with E-state index in [-0.39, 0.29) is 0 Å². The van der Waals surface area contributed by atoms with Crippen molar-refractivity contribution in [1.82, 2.24) is 0 Å². The molecule has 0 amide bonds. The normalized spacial score (nSPS) is 10.7. The molecule has 0 bridgehead atoms. The number of fused-ring (bicyclic) bond motifs is 16. The quantitative estimate of drug-likeness (QED) is 0.164. The Labute approximate surface area is 544 Å². The smallest absolute Gasteiger partial charge is 0.0727 e. The maximum atomic E-state index is 2.53. The molecule has 4 aliphatic carbocycles. The Morgan fingerprint density at radius 1 is 0.213 bits per heavy atom. The lowest BCUT2D eigenvalue weighted by molar-refractivity contribution is 0.793. The number of benzene rings is 10. The molecule has 0 radical (unpaired) electrons. The van der Waals surface area contributed by atoms with Crippen molar-refractivity contribution in [1.29, 1.82) is 0 Å². The van der Waals surface area contributed by atoms with Crippen molar-refractivity contribution < 1.29 is 0 Å². The first-order valence-corrected chi connectivity index (χ1v) is 34.9. The maximum absolute atomic E-state index is 2.53. The fourth-order valence-corrected chi connectivity index (χ4v) is 12.1. The molecule has 10 aromatic rings. The van der Waals surface area contributed by atoms with Gasteiger partial charge in [0.25, 0.3) is 0 Å². The van der Waals surface area contributed by atoms with Crippen LogP contribution in [0.25, 0.3) is 44.5 Å². The van der Waals surface area contributed by atoms with E-state index in [1.807, 2.05) is 166 Å². The number of nitrogens with zero attached hydrogens (tertiary/aromatic N) is 2. The van der Waals surface area contributed by atoms with E-state index in [9.17, 15) is 0 Å². The van der Waals surface area contributed by atoms with Gasteiger partial charge in [0.15, 0.2) is 0 Å². The van der Waals surface area contributed by atoms with Crippen molar-refractivity contribution in [3.8, 4) is 44.5 Å². The molecule has 0 unspecified atom stereocenters. The van der Waals surface area contributed by atoms with Crippen LogP contribution in [0.2, 0.25) is 0 Å². The largest absolute Gasteiger partial charge is 0.310 e. The zero-order valence-electron chi connectivity index (χ0n) is 59.7. The number of anilines is 6. The Balaban J connectivity index is 0.00000102. The van der Waals surface area contributed by atoms with Gasteiger partial charge in [-0.2, -0.15) is 0 Å². The second-order valence-corrected chi connectivity index (χ2v) is 17.9. The Hall–Kier alpha value is -8.20. The number of hydrogen-bond acceptors (Lipinski definition) is 2. The first-order chi connectivity index (χ1) is 44.3. The van der Waals surface area contributed by atoms with Crippen LogP contribution in [-0.4, -0.2) is 0 Å². The SMILES string of the molecule is CC.CC.CC.CC.CC.CC.CC.CC.CC.CC.CC.CC.c1ccc(N(c2ccc3c(c2)C2(c4ccccc4-c4ccccc42)c2cc(N(c4ccccc4)c4cccc5c4Cc4ccccc4-5)ccc2-3)c2cccc3c2Cc2ccccc2-3)cc1. The van der Waals surface area contributed by atoms with Crippen LogP contribution in [0.3, 0.4) is 0 Å². The Bertz CT molecular complexity index is 3330. The molecule has 0 atom stereocenters. The highest BCUT2D eigenvalue weighted by Gasteiger charge is 2.52. The average Bonchev–Trinajstić information content (AvgIpc) is 1.52. The van der Waals surface area contributed by atoms with E-state index in [0.717, 1.165) is 35.6 Å². The van der Waals surface area contributed by atoms with Crippen molar-refractivity contribution in [2.45, 2.75) is 184 Å². The van der Waals surface area contributed by atoms with Gasteiger partial charge in [0, 0.05) is 35.6 Å². The molecule has 472 valence electrons. The van der Waals surface area contributed by atoms with Crippen molar-refractivity contribution in [2.75, 3.05) is 9.80 Å². The van der Waals surface area contributed by atoms with Crippen molar-refractivity contribution in [3.05, 3.63) is 275 Å². The zero-order valence-corrected chi connectivity index (χ0v) is 59.7. The summed E-state index contributed by atoms with van der Waals surface area (Å²) in [7, 11) is 0. The van der Waals surface area contributed by atoms with Gasteiger partial charge in [-0.1, -0.05) is 336 Å². The minimum Gasteiger partial charge on any atom is -0.310 e. The number of rotatable bonds is 6. The minimum atomic E-state index is -0.557. The summed E-state index contributed by atoms with van der Waals surface area (Å²) in [6.07, 6.45) is 1.81. The van der Waals surface area contributed by atoms with Crippen molar-refractivity contribution >= 4 is 34.1 Å². The van der Waals surface area contributed by atoms with Crippen LogP contribution >= 0.6 is 0 Å². The number of para-hydroxylation sites is 2. The maximum Gasteiger partial charge on any atom is 0.0727 e. The van der Waals surface area contributed by atoms with Gasteiger partial charge in [0.2, 0.25) is 0 Å². The van der Waals surface area contributed by atoms with Gasteiger partial charge >= 0.3 is 0 Å². The van der Waals surface area contributed by atoms with Gasteiger partial charge in [-0.05, 0) is 150 Å². The van der Waals surface area contributed by atoms with E-state index in [1.165, 1.54) is 100 Å². The molecule has 89 heavy (non-hydrogen) atoms. The monoisotopic (exact) mass is 1190 g/mol. The first kappa shape index (κ1) is 76.9. The van der Waals surface area contributed by atoms with Gasteiger partial charge in [0.05, 0.1) is 16.8 Å². The van der Waals surface area contributed by atoms with E-state index >= 15 is 0 Å². The van der Waals surface area contributed by atoms with Crippen molar-refractivity contribution in [2.24, 2.45) is 0 Å². The van der Waals surface area contributed by atoms with E-state index in [0.29, 0.717) is 0 Å². The lowest BCUT2D eigenvalue weighted by atomic mass is 9.70. The predicted octanol–water partition coefficient (Wildman–Crippen LogP) is 28.4. The predicted molar refractivity (Wildman–Crippen MR) is 405 cm³/mol. The molecule has 0 saturated heterocycles. The fourth-order valence-electron chi connectivity index (χ4n) is 12.1. The Morgan fingerprint density at radius 2 is 0.483 bits per heavy atom. The highest BCUT2D eigenvalue weighted by atomic mass is 15.2. The lowest BCUT2D eigenvalue weighted by Crippen LogP contribution is -2.26. The van der Waals surface area contributed by atoms with Gasteiger partial charge in [-0.15, -0.1) is 0 Å². The summed E-state index contributed by atoms with van der Waals surface area (Å²) in [4.78, 5) is 5.01. The van der Waals surface area contributed by atoms with Crippen molar-refractivity contribution in [3.63, 3.8) is 0 Å². The van der Waals surface area contributed by atoms with Crippen LogP contribution in [0, 0.1) is 0 Å². The molecule has 0 aromatic heterocycles. The van der Waals surface area contributed by atoms with Crippen LogP contribution in [-0.2, 0) is 18.3 Å². The van der Waals surface area contributed by atoms with Crippen LogP contribution < -0.4 is 9.80 Å². The molecule has 14 rings (SSSR count). The van der Waals surface area contributed by atoms with Gasteiger partial charge < -0.3 is 9.80 Å². The summed E-state index contributed by atoms with van der Waals surface area (Å²) in [5, 5.41) is 0. The summed E-state index contributed by atoms with van der Waals surface area (Å²) < 4.78 is 0. The summed E-state index contributed by atoms with van der Waals surface area (Å²) >= 11 is 0. The van der Waals surface area contributed by atoms with Crippen LogP contribution in [0.15, 0.2) is 231 Å². The minimum absolute atomic E-state index is 0.557. The highest BCUT2D eigenvalue weighted by molar-refractivity contribution is 5.99. The first-order valence-electron chi connectivity index (χ1n) is 34.9. The molecular weight excluding hydrogens is 1070 g/mol. The van der Waals surface area contributed by atoms with E-state index in [1.54, 1.807) is 0 Å². The lowest BCUT2D eigenvalue weighted by Gasteiger charge is -2.34. The molecule has 0 N–H and O–H groups in total. The topological polar surface area (TPSA) is 6.48 Å². The molecule has 0 aliphatic heterocycles. The van der Waals surface area contributed by atoms with E-state index in [2.05, 4.69) is 240 Å². The average molecular weight is 1190 g/mol. The molecule has 2 heteroatoms. The van der Waals surface area contributed by atoms with Crippen LogP contribution in [0.1, 0.15) is 211 Å². The Kier molecular flexibility index (Phi) is 35.5. The van der Waals surface area contributed by atoms with E-state index in [4.69, 9.17) is 0 Å². The molecule has 2 nitrogen and oxygen atoms in total. The Morgan fingerprint density at radius 3 is 0.820 bits per heavy atom. The molecule has 0 saturated carbocycles.